The van der Waals surface area contributed by atoms with E-state index in [1.54, 1.807) is 7.11 Å². The molecule has 8 nitrogen and oxygen atoms in total. The Bertz CT molecular complexity index is 1420. The summed E-state index contributed by atoms with van der Waals surface area (Å²) in [6.07, 6.45) is 1.68. The number of pyridine rings is 1. The monoisotopic (exact) mass is 502 g/mol. The highest BCUT2D eigenvalue weighted by atomic mass is 16.5. The number of aryl methyl sites for hydroxylation is 2. The van der Waals surface area contributed by atoms with E-state index < -0.39 is 0 Å². The first kappa shape index (κ1) is 26.5. The molecule has 0 saturated heterocycles. The summed E-state index contributed by atoms with van der Waals surface area (Å²) >= 11 is 0. The Morgan fingerprint density at radius 2 is 1.76 bits per heavy atom. The molecule has 2 aromatic carbocycles. The van der Waals surface area contributed by atoms with Crippen LogP contribution in [0.15, 0.2) is 47.3 Å². The highest BCUT2D eigenvalue weighted by Crippen LogP contribution is 2.31. The van der Waals surface area contributed by atoms with Crippen molar-refractivity contribution in [3.8, 4) is 5.75 Å². The van der Waals surface area contributed by atoms with Crippen molar-refractivity contribution in [3.63, 3.8) is 0 Å². The van der Waals surface area contributed by atoms with E-state index in [9.17, 15) is 4.79 Å². The molecule has 4 rings (SSSR count). The van der Waals surface area contributed by atoms with Crippen LogP contribution in [0.3, 0.4) is 0 Å². The Morgan fingerprint density at radius 3 is 2.41 bits per heavy atom. The van der Waals surface area contributed by atoms with Gasteiger partial charge in [-0.1, -0.05) is 38.1 Å². The van der Waals surface area contributed by atoms with Gasteiger partial charge in [-0.05, 0) is 85.9 Å². The van der Waals surface area contributed by atoms with E-state index in [4.69, 9.17) is 4.74 Å². The largest absolute Gasteiger partial charge is 0.497 e. The van der Waals surface area contributed by atoms with Gasteiger partial charge in [0.1, 0.15) is 5.75 Å². The highest BCUT2D eigenvalue weighted by Gasteiger charge is 2.31. The van der Waals surface area contributed by atoms with Crippen LogP contribution in [0, 0.1) is 13.8 Å². The fourth-order valence-corrected chi connectivity index (χ4v) is 4.78. The summed E-state index contributed by atoms with van der Waals surface area (Å²) < 4.78 is 7.30. The lowest BCUT2D eigenvalue weighted by Crippen LogP contribution is -2.36. The van der Waals surface area contributed by atoms with E-state index in [1.165, 1.54) is 0 Å². The van der Waals surface area contributed by atoms with E-state index in [0.717, 1.165) is 57.6 Å². The van der Waals surface area contributed by atoms with Crippen LogP contribution in [0.2, 0.25) is 0 Å². The molecular formula is C29H38N6O2. The Morgan fingerprint density at radius 1 is 1.05 bits per heavy atom. The summed E-state index contributed by atoms with van der Waals surface area (Å²) in [5.41, 5.74) is 4.65. The maximum absolute atomic E-state index is 13.3. The van der Waals surface area contributed by atoms with Gasteiger partial charge >= 0.3 is 0 Å². The summed E-state index contributed by atoms with van der Waals surface area (Å²) in [5.74, 6) is 1.62. The highest BCUT2D eigenvalue weighted by molar-refractivity contribution is 5.85. The van der Waals surface area contributed by atoms with Crippen molar-refractivity contribution in [2.45, 2.75) is 79.1 Å². The number of aromatic amines is 1. The van der Waals surface area contributed by atoms with Crippen LogP contribution in [0.25, 0.3) is 10.9 Å². The molecule has 0 aliphatic carbocycles. The number of methoxy groups -OCH3 is 1. The molecule has 0 unspecified atom stereocenters. The van der Waals surface area contributed by atoms with Gasteiger partial charge in [0.05, 0.1) is 24.2 Å². The Kier molecular flexibility index (Phi) is 7.78. The number of benzene rings is 2. The maximum Gasteiger partial charge on any atom is 0.252 e. The number of rotatable bonds is 10. The van der Waals surface area contributed by atoms with E-state index >= 15 is 0 Å². The molecule has 2 heterocycles. The molecule has 0 saturated carbocycles. The number of nitrogens with zero attached hydrogens (tertiary/aromatic N) is 5. The minimum absolute atomic E-state index is 0.0655. The first-order valence-electron chi connectivity index (χ1n) is 13.0. The number of nitrogens with one attached hydrogen (secondary N) is 1. The van der Waals surface area contributed by atoms with Gasteiger partial charge in [0.2, 0.25) is 0 Å². The number of H-pyrrole nitrogens is 1. The quantitative estimate of drug-likeness (QED) is 0.311. The van der Waals surface area contributed by atoms with Crippen molar-refractivity contribution >= 4 is 10.9 Å². The summed E-state index contributed by atoms with van der Waals surface area (Å²) in [6, 6.07) is 14.2. The van der Waals surface area contributed by atoms with E-state index in [2.05, 4.69) is 78.2 Å². The van der Waals surface area contributed by atoms with Gasteiger partial charge in [0, 0.05) is 24.0 Å². The predicted molar refractivity (Wildman–Crippen MR) is 147 cm³/mol. The molecule has 0 bridgehead atoms. The Balaban J connectivity index is 1.79. The third-order valence-corrected chi connectivity index (χ3v) is 7.50. The number of fused-ring (bicyclic) bond motifs is 1. The van der Waals surface area contributed by atoms with Gasteiger partial charge in [-0.3, -0.25) is 9.69 Å². The lowest BCUT2D eigenvalue weighted by molar-refractivity contribution is 0.150. The summed E-state index contributed by atoms with van der Waals surface area (Å²) in [7, 11) is 1.67. The van der Waals surface area contributed by atoms with E-state index in [0.29, 0.717) is 13.1 Å². The fraction of sp³-hybridized carbons (Fsp3) is 0.448. The second-order valence-corrected chi connectivity index (χ2v) is 10.4. The predicted octanol–water partition coefficient (Wildman–Crippen LogP) is 5.44. The minimum Gasteiger partial charge on any atom is -0.497 e. The smallest absolute Gasteiger partial charge is 0.252 e. The zero-order chi connectivity index (χ0) is 26.7. The average molecular weight is 503 g/mol. The second kappa shape index (κ2) is 10.8. The first-order valence-corrected chi connectivity index (χ1v) is 13.0. The molecule has 0 radical (unpaired) electrons. The molecule has 4 aromatic rings. The van der Waals surface area contributed by atoms with Gasteiger partial charge in [0.15, 0.2) is 5.82 Å². The van der Waals surface area contributed by atoms with Crippen LogP contribution < -0.4 is 10.3 Å². The molecule has 0 fully saturated rings. The minimum atomic E-state index is -0.229. The molecule has 196 valence electrons. The van der Waals surface area contributed by atoms with Crippen molar-refractivity contribution in [1.29, 1.82) is 0 Å². The van der Waals surface area contributed by atoms with E-state index in [-0.39, 0.29) is 17.1 Å². The van der Waals surface area contributed by atoms with Gasteiger partial charge < -0.3 is 9.72 Å². The molecule has 1 N–H and O–H groups in total. The second-order valence-electron chi connectivity index (χ2n) is 10.4. The maximum atomic E-state index is 13.3. The molecule has 37 heavy (non-hydrogen) atoms. The summed E-state index contributed by atoms with van der Waals surface area (Å²) in [6.45, 7) is 13.8. The Hall–Kier alpha value is -3.52. The van der Waals surface area contributed by atoms with E-state index in [1.807, 2.05) is 35.9 Å². The van der Waals surface area contributed by atoms with Crippen LogP contribution in [0.4, 0.5) is 0 Å². The van der Waals surface area contributed by atoms with Crippen LogP contribution >= 0.6 is 0 Å². The van der Waals surface area contributed by atoms with Gasteiger partial charge in [-0.15, -0.1) is 5.10 Å². The number of ether oxygens (including phenoxy) is 1. The van der Waals surface area contributed by atoms with Gasteiger partial charge in [0.25, 0.3) is 5.56 Å². The standard InChI is InChI=1S/C29H38N6O2/c1-8-25(27-31-32-33-35(27)29(5,6)9-2)34(17-21-12-14-23(37-7)15-13-21)18-22-16-24-19(3)10-11-20(4)26(24)30-28(22)36/h10-16,25H,8-9,17-18H2,1-7H3,(H,30,36)/t25-/m0/s1. The number of tetrazole rings is 1. The van der Waals surface area contributed by atoms with Gasteiger partial charge in [-0.2, -0.15) is 0 Å². The zero-order valence-electron chi connectivity index (χ0n) is 23.0. The molecule has 8 heteroatoms. The lowest BCUT2D eigenvalue weighted by atomic mass is 10.0. The molecular weight excluding hydrogens is 464 g/mol. The zero-order valence-corrected chi connectivity index (χ0v) is 23.0. The number of hydrogen-bond donors (Lipinski definition) is 1. The topological polar surface area (TPSA) is 88.9 Å². The van der Waals surface area contributed by atoms with Crippen molar-refractivity contribution in [2.24, 2.45) is 0 Å². The summed E-state index contributed by atoms with van der Waals surface area (Å²) in [4.78, 5) is 18.7. The van der Waals surface area contributed by atoms with Crippen LogP contribution in [-0.4, -0.2) is 37.2 Å². The third kappa shape index (κ3) is 5.44. The third-order valence-electron chi connectivity index (χ3n) is 7.50. The van der Waals surface area contributed by atoms with Crippen molar-refractivity contribution in [3.05, 3.63) is 80.9 Å². The van der Waals surface area contributed by atoms with Crippen molar-refractivity contribution in [1.82, 2.24) is 30.1 Å². The van der Waals surface area contributed by atoms with Crippen LogP contribution in [0.1, 0.15) is 74.7 Å². The van der Waals surface area contributed by atoms with Crippen LogP contribution in [-0.2, 0) is 18.6 Å². The molecule has 1 atom stereocenters. The number of aromatic nitrogens is 5. The van der Waals surface area contributed by atoms with Crippen molar-refractivity contribution < 1.29 is 4.74 Å². The summed E-state index contributed by atoms with van der Waals surface area (Å²) in [5, 5.41) is 14.0. The normalized spacial score (nSPS) is 12.9. The van der Waals surface area contributed by atoms with Gasteiger partial charge in [-0.25, -0.2) is 4.68 Å². The van der Waals surface area contributed by atoms with Crippen LogP contribution in [0.5, 0.6) is 5.75 Å². The first-order chi connectivity index (χ1) is 17.7. The molecule has 2 aromatic heterocycles. The molecule has 0 spiro atoms. The molecule has 0 amide bonds. The fourth-order valence-electron chi connectivity index (χ4n) is 4.78. The molecule has 0 aliphatic heterocycles. The Labute approximate surface area is 218 Å². The van der Waals surface area contributed by atoms with Crippen molar-refractivity contribution in [2.75, 3.05) is 7.11 Å². The molecule has 0 aliphatic rings. The number of hydrogen-bond acceptors (Lipinski definition) is 6. The SMILES string of the molecule is CC[C@@H](c1nnnn1C(C)(C)CC)N(Cc1ccc(OC)cc1)Cc1cc2c(C)ccc(C)c2[nH]c1=O. The lowest BCUT2D eigenvalue weighted by Gasteiger charge is -2.33. The average Bonchev–Trinajstić information content (AvgIpc) is 3.38.